The summed E-state index contributed by atoms with van der Waals surface area (Å²) in [5, 5.41) is 4.28. The molecule has 1 aromatic carbocycles. The Labute approximate surface area is 176 Å². The molecule has 0 amide bonds. The lowest BCUT2D eigenvalue weighted by molar-refractivity contribution is -0.118. The third-order valence-corrected chi connectivity index (χ3v) is 5.36. The van der Waals surface area contributed by atoms with Crippen LogP contribution >= 0.6 is 0 Å². The van der Waals surface area contributed by atoms with Crippen molar-refractivity contribution in [2.75, 3.05) is 29.9 Å². The smallest absolute Gasteiger partial charge is 0.152 e. The van der Waals surface area contributed by atoms with Crippen LogP contribution in [0.25, 0.3) is 11.0 Å². The molecule has 1 aliphatic rings. The number of benzene rings is 1. The van der Waals surface area contributed by atoms with E-state index in [4.69, 9.17) is 4.74 Å². The van der Waals surface area contributed by atoms with E-state index < -0.39 is 0 Å². The largest absolute Gasteiger partial charge is 0.491 e. The Morgan fingerprint density at radius 2 is 2.23 bits per heavy atom. The van der Waals surface area contributed by atoms with Crippen LogP contribution in [0.4, 0.5) is 11.5 Å². The van der Waals surface area contributed by atoms with Gasteiger partial charge >= 0.3 is 0 Å². The fourth-order valence-corrected chi connectivity index (χ4v) is 4.08. The van der Waals surface area contributed by atoms with Gasteiger partial charge in [0.05, 0.1) is 18.0 Å². The lowest BCUT2D eigenvalue weighted by Gasteiger charge is -2.33. The van der Waals surface area contributed by atoms with Gasteiger partial charge in [0.1, 0.15) is 23.5 Å². The SMILES string of the molecule is CC(C)Oc1cccc(NCC(=O)C[C@@H]2CCCN(c3ncnc4[nH]ccc34)C2)c1. The second-order valence-electron chi connectivity index (χ2n) is 8.18. The van der Waals surface area contributed by atoms with E-state index in [0.29, 0.717) is 18.9 Å². The summed E-state index contributed by atoms with van der Waals surface area (Å²) in [7, 11) is 0. The lowest BCUT2D eigenvalue weighted by atomic mass is 9.92. The molecule has 1 saturated heterocycles. The number of carbonyl (C=O) groups excluding carboxylic acids is 1. The molecular weight excluding hydrogens is 378 g/mol. The number of anilines is 2. The van der Waals surface area contributed by atoms with Crippen LogP contribution < -0.4 is 15.0 Å². The molecule has 3 heterocycles. The summed E-state index contributed by atoms with van der Waals surface area (Å²) in [5.74, 6) is 2.34. The first kappa shape index (κ1) is 20.2. The number of aromatic nitrogens is 3. The Hall–Kier alpha value is -3.09. The summed E-state index contributed by atoms with van der Waals surface area (Å²) in [6, 6.07) is 9.78. The third-order valence-electron chi connectivity index (χ3n) is 5.36. The number of piperidine rings is 1. The molecule has 4 rings (SSSR count). The third kappa shape index (κ3) is 4.90. The summed E-state index contributed by atoms with van der Waals surface area (Å²) < 4.78 is 5.72. The van der Waals surface area contributed by atoms with Crippen LogP contribution in [0.1, 0.15) is 33.1 Å². The highest BCUT2D eigenvalue weighted by Gasteiger charge is 2.24. The fourth-order valence-electron chi connectivity index (χ4n) is 4.08. The Kier molecular flexibility index (Phi) is 6.16. The highest BCUT2D eigenvalue weighted by molar-refractivity contribution is 5.87. The second-order valence-corrected chi connectivity index (χ2v) is 8.18. The van der Waals surface area contributed by atoms with E-state index >= 15 is 0 Å². The van der Waals surface area contributed by atoms with Crippen molar-refractivity contribution in [3.63, 3.8) is 0 Å². The summed E-state index contributed by atoms with van der Waals surface area (Å²) in [5.41, 5.74) is 1.76. The first-order valence-electron chi connectivity index (χ1n) is 10.6. The quantitative estimate of drug-likeness (QED) is 0.587. The minimum Gasteiger partial charge on any atom is -0.491 e. The molecule has 0 bridgehead atoms. The molecule has 0 saturated carbocycles. The molecule has 30 heavy (non-hydrogen) atoms. The average Bonchev–Trinajstić information content (AvgIpc) is 3.21. The zero-order valence-electron chi connectivity index (χ0n) is 17.6. The number of nitrogens with one attached hydrogen (secondary N) is 2. The second kappa shape index (κ2) is 9.15. The summed E-state index contributed by atoms with van der Waals surface area (Å²) in [6.07, 6.45) is 6.33. The van der Waals surface area contributed by atoms with Gasteiger partial charge in [0.15, 0.2) is 5.78 Å². The van der Waals surface area contributed by atoms with Crippen molar-refractivity contribution < 1.29 is 9.53 Å². The van der Waals surface area contributed by atoms with Gasteiger partial charge < -0.3 is 19.9 Å². The molecule has 3 aromatic rings. The van der Waals surface area contributed by atoms with E-state index in [2.05, 4.69) is 25.2 Å². The van der Waals surface area contributed by atoms with E-state index in [0.717, 1.165) is 54.2 Å². The highest BCUT2D eigenvalue weighted by Crippen LogP contribution is 2.28. The normalized spacial score (nSPS) is 16.8. The van der Waals surface area contributed by atoms with Gasteiger partial charge in [0, 0.05) is 37.5 Å². The fraction of sp³-hybridized carbons (Fsp3) is 0.435. The molecule has 0 unspecified atom stereocenters. The molecule has 2 N–H and O–H groups in total. The molecule has 0 aliphatic carbocycles. The summed E-state index contributed by atoms with van der Waals surface area (Å²) in [6.45, 7) is 6.14. The van der Waals surface area contributed by atoms with Crippen molar-refractivity contribution in [3.05, 3.63) is 42.9 Å². The molecule has 1 aliphatic heterocycles. The Morgan fingerprint density at radius 3 is 3.10 bits per heavy atom. The number of hydrogen-bond donors (Lipinski definition) is 2. The Balaban J connectivity index is 1.32. The van der Waals surface area contributed by atoms with E-state index in [1.165, 1.54) is 0 Å². The number of nitrogens with zero attached hydrogens (tertiary/aromatic N) is 3. The van der Waals surface area contributed by atoms with Crippen molar-refractivity contribution in [2.24, 2.45) is 5.92 Å². The van der Waals surface area contributed by atoms with Crippen LogP contribution in [0.3, 0.4) is 0 Å². The molecular formula is C23H29N5O2. The van der Waals surface area contributed by atoms with Gasteiger partial charge in [-0.15, -0.1) is 0 Å². The molecule has 1 atom stereocenters. The maximum atomic E-state index is 12.6. The van der Waals surface area contributed by atoms with Gasteiger partial charge in [-0.1, -0.05) is 6.07 Å². The van der Waals surface area contributed by atoms with Gasteiger partial charge in [-0.05, 0) is 50.8 Å². The van der Waals surface area contributed by atoms with Crippen molar-refractivity contribution in [1.29, 1.82) is 0 Å². The van der Waals surface area contributed by atoms with Gasteiger partial charge in [0.2, 0.25) is 0 Å². The number of H-pyrrole nitrogens is 1. The monoisotopic (exact) mass is 407 g/mol. The molecule has 7 heteroatoms. The summed E-state index contributed by atoms with van der Waals surface area (Å²) >= 11 is 0. The first-order valence-corrected chi connectivity index (χ1v) is 10.6. The molecule has 2 aromatic heterocycles. The highest BCUT2D eigenvalue weighted by atomic mass is 16.5. The van der Waals surface area contributed by atoms with Crippen LogP contribution in [0.15, 0.2) is 42.9 Å². The van der Waals surface area contributed by atoms with Gasteiger partial charge in [0.25, 0.3) is 0 Å². The van der Waals surface area contributed by atoms with Crippen molar-refractivity contribution in [2.45, 2.75) is 39.2 Å². The van der Waals surface area contributed by atoms with Crippen LogP contribution in [-0.4, -0.2) is 46.5 Å². The van der Waals surface area contributed by atoms with Crippen LogP contribution in [0.5, 0.6) is 5.75 Å². The zero-order valence-corrected chi connectivity index (χ0v) is 17.6. The number of aromatic amines is 1. The van der Waals surface area contributed by atoms with Gasteiger partial charge in [-0.2, -0.15) is 0 Å². The van der Waals surface area contributed by atoms with Crippen molar-refractivity contribution in [3.8, 4) is 5.75 Å². The lowest BCUT2D eigenvalue weighted by Crippen LogP contribution is -2.37. The van der Waals surface area contributed by atoms with Crippen molar-refractivity contribution >= 4 is 28.3 Å². The predicted octanol–water partition coefficient (Wildman–Crippen LogP) is 4.03. The first-order chi connectivity index (χ1) is 14.6. The zero-order chi connectivity index (χ0) is 20.9. The number of fused-ring (bicyclic) bond motifs is 1. The number of hydrogen-bond acceptors (Lipinski definition) is 6. The van der Waals surface area contributed by atoms with Gasteiger partial charge in [-0.25, -0.2) is 9.97 Å². The maximum Gasteiger partial charge on any atom is 0.152 e. The topological polar surface area (TPSA) is 83.1 Å². The van der Waals surface area contributed by atoms with Crippen LogP contribution in [0, 0.1) is 5.92 Å². The predicted molar refractivity (Wildman–Crippen MR) is 119 cm³/mol. The van der Waals surface area contributed by atoms with Crippen LogP contribution in [0.2, 0.25) is 0 Å². The van der Waals surface area contributed by atoms with Gasteiger partial charge in [-0.3, -0.25) is 4.79 Å². The average molecular weight is 408 g/mol. The molecule has 158 valence electrons. The number of ether oxygens (including phenoxy) is 1. The number of rotatable bonds is 8. The number of ketones is 1. The van der Waals surface area contributed by atoms with E-state index in [1.807, 2.05) is 50.4 Å². The molecule has 1 fully saturated rings. The molecule has 0 spiro atoms. The number of Topliss-reactive ketones (excluding diaryl/α,β-unsaturated/α-hetero) is 1. The summed E-state index contributed by atoms with van der Waals surface area (Å²) in [4.78, 5) is 26.8. The van der Waals surface area contributed by atoms with E-state index in [-0.39, 0.29) is 11.9 Å². The van der Waals surface area contributed by atoms with E-state index in [1.54, 1.807) is 6.33 Å². The van der Waals surface area contributed by atoms with E-state index in [9.17, 15) is 4.79 Å². The standard InChI is InChI=1S/C23H29N5O2/c1-16(2)30-20-7-3-6-18(12-20)25-13-19(29)11-17-5-4-10-28(14-17)23-21-8-9-24-22(21)26-15-27-23/h3,6-9,12,15-17,25H,4-5,10-11,13-14H2,1-2H3,(H,24,26,27)/t17-/m0/s1. The number of carbonyl (C=O) groups is 1. The van der Waals surface area contributed by atoms with Crippen molar-refractivity contribution in [1.82, 2.24) is 15.0 Å². The molecule has 0 radical (unpaired) electrons. The minimum atomic E-state index is 0.124. The Bertz CT molecular complexity index is 1000. The Morgan fingerprint density at radius 1 is 1.33 bits per heavy atom. The van der Waals surface area contributed by atoms with Crippen LogP contribution in [-0.2, 0) is 4.79 Å². The molecule has 7 nitrogen and oxygen atoms in total. The maximum absolute atomic E-state index is 12.6. The minimum absolute atomic E-state index is 0.124.